The number of fused-ring (bicyclic) bond motifs is 5. The molecule has 0 radical (unpaired) electrons. The van der Waals surface area contributed by atoms with Crippen LogP contribution in [0.25, 0.3) is 6.08 Å². The first-order valence-corrected chi connectivity index (χ1v) is 13.1. The predicted octanol–water partition coefficient (Wildman–Crippen LogP) is 6.59. The first-order chi connectivity index (χ1) is 19.3. The number of halogens is 2. The minimum absolute atomic E-state index is 0.279. The summed E-state index contributed by atoms with van der Waals surface area (Å²) >= 11 is 0. The normalized spacial score (nSPS) is 21.9. The number of carbonyl (C=O) groups is 3. The molecule has 1 fully saturated rings. The number of anilines is 1. The Bertz CT molecular complexity index is 1720. The maximum Gasteiger partial charge on any atom is 0.185 e. The lowest BCUT2D eigenvalue weighted by molar-refractivity contribution is 0.0666. The van der Waals surface area contributed by atoms with Gasteiger partial charge in [-0.1, -0.05) is 78.4 Å². The summed E-state index contributed by atoms with van der Waals surface area (Å²) in [6.07, 6.45) is 3.45. The van der Waals surface area contributed by atoms with Gasteiger partial charge in [0, 0.05) is 33.9 Å². The van der Waals surface area contributed by atoms with Crippen molar-refractivity contribution in [2.45, 2.75) is 24.9 Å². The minimum Gasteiger partial charge on any atom is -0.352 e. The van der Waals surface area contributed by atoms with Crippen LogP contribution >= 0.6 is 0 Å². The molecule has 2 heterocycles. The highest BCUT2D eigenvalue weighted by Crippen LogP contribution is 2.61. The number of carbonyl (C=O) groups excluding carboxylic acids is 3. The van der Waals surface area contributed by atoms with Gasteiger partial charge in [-0.3, -0.25) is 14.4 Å². The third-order valence-electron chi connectivity index (χ3n) is 8.60. The summed E-state index contributed by atoms with van der Waals surface area (Å²) in [4.78, 5) is 45.4. The van der Waals surface area contributed by atoms with Crippen LogP contribution < -0.4 is 4.90 Å². The second-order valence-corrected chi connectivity index (χ2v) is 10.7. The zero-order valence-corrected chi connectivity index (χ0v) is 21.5. The van der Waals surface area contributed by atoms with Crippen molar-refractivity contribution in [1.82, 2.24) is 0 Å². The lowest BCUT2D eigenvalue weighted by Gasteiger charge is -2.37. The molecule has 0 unspecified atom stereocenters. The number of nitrogens with zero attached hydrogens (tertiary/aromatic N) is 1. The smallest absolute Gasteiger partial charge is 0.185 e. The highest BCUT2D eigenvalue weighted by Gasteiger charge is 2.71. The molecule has 1 spiro atoms. The third kappa shape index (κ3) is 3.19. The van der Waals surface area contributed by atoms with Crippen molar-refractivity contribution in [3.05, 3.63) is 142 Å². The Balaban J connectivity index is 1.54. The number of hydrogen-bond donors (Lipinski definition) is 0. The molecule has 196 valence electrons. The summed E-state index contributed by atoms with van der Waals surface area (Å²) in [6, 6.07) is 22.0. The van der Waals surface area contributed by atoms with Crippen LogP contribution in [0.3, 0.4) is 0 Å². The fraction of sp³-hybridized carbons (Fsp3) is 0.147. The average Bonchev–Trinajstić information content (AvgIpc) is 3.39. The number of rotatable bonds is 3. The van der Waals surface area contributed by atoms with Gasteiger partial charge >= 0.3 is 0 Å². The topological polar surface area (TPSA) is 54.5 Å². The molecule has 2 aliphatic heterocycles. The molecule has 4 aromatic rings. The van der Waals surface area contributed by atoms with Gasteiger partial charge in [-0.25, -0.2) is 8.78 Å². The Kier molecular flexibility index (Phi) is 5.26. The Morgan fingerprint density at radius 3 is 2.08 bits per heavy atom. The summed E-state index contributed by atoms with van der Waals surface area (Å²) < 4.78 is 28.5. The lowest BCUT2D eigenvalue weighted by Crippen LogP contribution is -2.48. The summed E-state index contributed by atoms with van der Waals surface area (Å²) in [5.74, 6) is -2.87. The molecule has 3 aliphatic rings. The quantitative estimate of drug-likeness (QED) is 0.221. The van der Waals surface area contributed by atoms with E-state index in [-0.39, 0.29) is 17.3 Å². The Morgan fingerprint density at radius 1 is 0.800 bits per heavy atom. The van der Waals surface area contributed by atoms with Gasteiger partial charge in [-0.15, -0.1) is 0 Å². The zero-order valence-electron chi connectivity index (χ0n) is 21.5. The molecule has 0 bridgehead atoms. The molecule has 0 aromatic heterocycles. The first-order valence-electron chi connectivity index (χ1n) is 13.1. The van der Waals surface area contributed by atoms with Crippen molar-refractivity contribution in [3.8, 4) is 0 Å². The van der Waals surface area contributed by atoms with Gasteiger partial charge < -0.3 is 4.90 Å². The molecule has 1 aliphatic carbocycles. The minimum atomic E-state index is -1.69. The van der Waals surface area contributed by atoms with Crippen LogP contribution in [0.4, 0.5) is 14.5 Å². The molecule has 40 heavy (non-hydrogen) atoms. The van der Waals surface area contributed by atoms with Gasteiger partial charge in [-0.2, -0.15) is 0 Å². The van der Waals surface area contributed by atoms with E-state index in [4.69, 9.17) is 0 Å². The van der Waals surface area contributed by atoms with Crippen LogP contribution in [-0.2, 0) is 0 Å². The lowest BCUT2D eigenvalue weighted by atomic mass is 9.64. The van der Waals surface area contributed by atoms with Gasteiger partial charge in [0.05, 0.1) is 6.04 Å². The molecule has 3 atom stereocenters. The highest BCUT2D eigenvalue weighted by atomic mass is 19.1. The van der Waals surface area contributed by atoms with Gasteiger partial charge in [0.2, 0.25) is 0 Å². The predicted molar refractivity (Wildman–Crippen MR) is 148 cm³/mol. The van der Waals surface area contributed by atoms with E-state index < -0.39 is 35.1 Å². The van der Waals surface area contributed by atoms with Crippen molar-refractivity contribution in [2.24, 2.45) is 5.41 Å². The molecule has 4 nitrogen and oxygen atoms in total. The molecular weight excluding hydrogens is 508 g/mol. The maximum atomic E-state index is 14.5. The maximum absolute atomic E-state index is 14.5. The Labute approximate surface area is 229 Å². The van der Waals surface area contributed by atoms with Crippen LogP contribution in [0.5, 0.6) is 0 Å². The van der Waals surface area contributed by atoms with Crippen molar-refractivity contribution in [1.29, 1.82) is 0 Å². The number of hydrogen-bond acceptors (Lipinski definition) is 4. The summed E-state index contributed by atoms with van der Waals surface area (Å²) in [7, 11) is 0. The van der Waals surface area contributed by atoms with E-state index >= 15 is 0 Å². The van der Waals surface area contributed by atoms with Crippen molar-refractivity contribution in [2.75, 3.05) is 4.90 Å². The molecule has 1 saturated heterocycles. The number of ketones is 3. The summed E-state index contributed by atoms with van der Waals surface area (Å²) in [6.45, 7) is 1.92. The summed E-state index contributed by atoms with van der Waals surface area (Å²) in [5, 5.41) is 0. The van der Waals surface area contributed by atoms with Crippen LogP contribution in [0.1, 0.15) is 53.7 Å². The van der Waals surface area contributed by atoms with Crippen LogP contribution in [0.2, 0.25) is 0 Å². The van der Waals surface area contributed by atoms with E-state index in [9.17, 15) is 23.2 Å². The Hall–Kier alpha value is -4.71. The average molecular weight is 532 g/mol. The highest BCUT2D eigenvalue weighted by molar-refractivity contribution is 6.32. The molecule has 0 N–H and O–H groups in total. The second-order valence-electron chi connectivity index (χ2n) is 10.7. The van der Waals surface area contributed by atoms with E-state index in [1.807, 2.05) is 24.0 Å². The van der Waals surface area contributed by atoms with E-state index in [1.165, 1.54) is 24.3 Å². The molecule has 0 saturated carbocycles. The van der Waals surface area contributed by atoms with Gasteiger partial charge in [0.25, 0.3) is 0 Å². The molecule has 0 amide bonds. The van der Waals surface area contributed by atoms with Gasteiger partial charge in [-0.05, 0) is 42.8 Å². The van der Waals surface area contributed by atoms with E-state index in [0.717, 1.165) is 5.56 Å². The standard InChI is InChI=1S/C34H23F2NO3/c1-19-6-8-21(9-7-19)31(38)30-29(20-10-13-23(35)14-11-20)34(32(39)25-4-2-3-5-26(25)33(34)40)28-17-12-22-18-24(36)15-16-27(22)37(28)30/h2-18,28-30H,1H3/t28-,29+,30+/m1/s1. The van der Waals surface area contributed by atoms with Crippen LogP contribution in [0.15, 0.2) is 97.1 Å². The molecule has 6 heteroatoms. The van der Waals surface area contributed by atoms with Crippen molar-refractivity contribution in [3.63, 3.8) is 0 Å². The molecule has 4 aromatic carbocycles. The van der Waals surface area contributed by atoms with E-state index in [2.05, 4.69) is 0 Å². The van der Waals surface area contributed by atoms with Crippen molar-refractivity contribution < 1.29 is 23.2 Å². The number of Topliss-reactive ketones (excluding diaryl/α,β-unsaturated/α-hetero) is 3. The third-order valence-corrected chi connectivity index (χ3v) is 8.60. The SMILES string of the molecule is Cc1ccc(C(=O)[C@@H]2[C@H](c3ccc(F)cc3)C3(C(=O)c4ccccc4C3=O)[C@H]3C=Cc4cc(F)ccc4N23)cc1. The largest absolute Gasteiger partial charge is 0.352 e. The van der Waals surface area contributed by atoms with Crippen LogP contribution in [-0.4, -0.2) is 29.4 Å². The molecule has 7 rings (SSSR count). The molecular formula is C34H23F2NO3. The van der Waals surface area contributed by atoms with Crippen molar-refractivity contribution >= 4 is 29.1 Å². The van der Waals surface area contributed by atoms with Crippen LogP contribution in [0, 0.1) is 24.0 Å². The second kappa shape index (κ2) is 8.65. The van der Waals surface area contributed by atoms with E-state index in [0.29, 0.717) is 33.5 Å². The first kappa shape index (κ1) is 24.3. The van der Waals surface area contributed by atoms with Gasteiger partial charge in [0.15, 0.2) is 17.3 Å². The number of benzene rings is 4. The number of aryl methyl sites for hydroxylation is 1. The zero-order chi connectivity index (χ0) is 27.8. The Morgan fingerprint density at radius 2 is 1.43 bits per heavy atom. The monoisotopic (exact) mass is 531 g/mol. The van der Waals surface area contributed by atoms with E-state index in [1.54, 1.807) is 66.7 Å². The fourth-order valence-electron chi connectivity index (χ4n) is 6.88. The fourth-order valence-corrected chi connectivity index (χ4v) is 6.88. The summed E-state index contributed by atoms with van der Waals surface area (Å²) in [5.41, 5.74) is 1.94. The van der Waals surface area contributed by atoms with Gasteiger partial charge in [0.1, 0.15) is 23.1 Å².